The largest absolute Gasteiger partial charge is 0.420 e. The summed E-state index contributed by atoms with van der Waals surface area (Å²) in [7, 11) is 0. The molecule has 1 N–H and O–H groups in total. The Bertz CT molecular complexity index is 652. The topological polar surface area (TPSA) is 64.2 Å². The van der Waals surface area contributed by atoms with E-state index in [4.69, 9.17) is 4.42 Å². The van der Waals surface area contributed by atoms with E-state index in [1.165, 1.54) is 0 Å². The number of hydrogen-bond donors (Lipinski definition) is 1. The van der Waals surface area contributed by atoms with Gasteiger partial charge in [-0.2, -0.15) is 0 Å². The van der Waals surface area contributed by atoms with Crippen molar-refractivity contribution < 1.29 is 9.21 Å². The molecule has 1 heterocycles. The van der Waals surface area contributed by atoms with E-state index in [0.717, 1.165) is 11.9 Å². The van der Waals surface area contributed by atoms with Crippen LogP contribution >= 0.6 is 0 Å². The Kier molecular flexibility index (Phi) is 3.74. The molecule has 102 valence electrons. The zero-order valence-electron chi connectivity index (χ0n) is 11.4. The van der Waals surface area contributed by atoms with Gasteiger partial charge in [0.25, 0.3) is 0 Å². The number of nitrogens with zero attached hydrogens (tertiary/aromatic N) is 1. The van der Waals surface area contributed by atoms with Gasteiger partial charge in [0.1, 0.15) is 0 Å². The molecule has 1 amide bonds. The van der Waals surface area contributed by atoms with Gasteiger partial charge >= 0.3 is 5.76 Å². The highest BCUT2D eigenvalue weighted by atomic mass is 16.4. The Labute approximate surface area is 111 Å². The first kappa shape index (κ1) is 13.4. The molecule has 0 saturated heterocycles. The van der Waals surface area contributed by atoms with Crippen molar-refractivity contribution >= 4 is 22.7 Å². The quantitative estimate of drug-likeness (QED) is 0.921. The van der Waals surface area contributed by atoms with Crippen LogP contribution in [0.3, 0.4) is 0 Å². The zero-order valence-corrected chi connectivity index (χ0v) is 11.4. The molecule has 0 aliphatic heterocycles. The van der Waals surface area contributed by atoms with Crippen molar-refractivity contribution in [3.8, 4) is 0 Å². The Hall–Kier alpha value is -2.04. The number of carbonyl (C=O) groups excluding carboxylic acids is 1. The predicted octanol–water partition coefficient (Wildman–Crippen LogP) is 2.91. The monoisotopic (exact) mass is 262 g/mol. The van der Waals surface area contributed by atoms with Crippen LogP contribution in [0.15, 0.2) is 27.4 Å². The van der Waals surface area contributed by atoms with E-state index in [1.807, 2.05) is 20.8 Å². The zero-order chi connectivity index (χ0) is 14.0. The Morgan fingerprint density at radius 1 is 1.42 bits per heavy atom. The molecular weight excluding hydrogens is 244 g/mol. The third kappa shape index (κ3) is 2.70. The maximum atomic E-state index is 11.7. The van der Waals surface area contributed by atoms with Crippen LogP contribution in [-0.2, 0) is 4.79 Å². The molecule has 0 bridgehead atoms. The summed E-state index contributed by atoms with van der Waals surface area (Å²) in [5.41, 5.74) is 1.89. The van der Waals surface area contributed by atoms with Crippen LogP contribution in [0.25, 0.3) is 11.1 Å². The van der Waals surface area contributed by atoms with E-state index in [0.29, 0.717) is 17.7 Å². The van der Waals surface area contributed by atoms with E-state index >= 15 is 0 Å². The third-order valence-corrected chi connectivity index (χ3v) is 2.89. The molecule has 0 aliphatic carbocycles. The third-order valence-electron chi connectivity index (χ3n) is 2.89. The highest BCUT2D eigenvalue weighted by Crippen LogP contribution is 2.21. The van der Waals surface area contributed by atoms with Gasteiger partial charge in [-0.05, 0) is 32.4 Å². The molecule has 0 spiro atoms. The second-order valence-electron chi connectivity index (χ2n) is 4.81. The lowest BCUT2D eigenvalue weighted by Crippen LogP contribution is -2.15. The van der Waals surface area contributed by atoms with Crippen molar-refractivity contribution in [3.63, 3.8) is 0 Å². The van der Waals surface area contributed by atoms with Gasteiger partial charge in [-0.3, -0.25) is 9.36 Å². The summed E-state index contributed by atoms with van der Waals surface area (Å²) in [4.78, 5) is 23.2. The summed E-state index contributed by atoms with van der Waals surface area (Å²) in [5, 5.41) is 2.78. The lowest BCUT2D eigenvalue weighted by Gasteiger charge is -2.06. The van der Waals surface area contributed by atoms with E-state index < -0.39 is 0 Å². The number of aromatic nitrogens is 1. The van der Waals surface area contributed by atoms with Crippen LogP contribution in [0, 0.1) is 0 Å². The maximum Gasteiger partial charge on any atom is 0.420 e. The lowest BCUT2D eigenvalue weighted by molar-refractivity contribution is -0.116. The van der Waals surface area contributed by atoms with Gasteiger partial charge in [-0.25, -0.2) is 4.79 Å². The molecule has 0 unspecified atom stereocenters. The number of anilines is 1. The van der Waals surface area contributed by atoms with Gasteiger partial charge in [0.15, 0.2) is 5.58 Å². The molecule has 0 aliphatic rings. The van der Waals surface area contributed by atoms with Crippen LogP contribution < -0.4 is 11.1 Å². The fraction of sp³-hybridized carbons (Fsp3) is 0.429. The van der Waals surface area contributed by atoms with Gasteiger partial charge in [0, 0.05) is 24.2 Å². The van der Waals surface area contributed by atoms with Gasteiger partial charge in [0.2, 0.25) is 5.91 Å². The second-order valence-corrected chi connectivity index (χ2v) is 4.81. The van der Waals surface area contributed by atoms with E-state index in [2.05, 4.69) is 5.32 Å². The number of hydrogen-bond acceptors (Lipinski definition) is 3. The normalized spacial score (nSPS) is 11.2. The molecule has 0 fully saturated rings. The average Bonchev–Trinajstić information content (AvgIpc) is 2.64. The van der Waals surface area contributed by atoms with Gasteiger partial charge in [0.05, 0.1) is 5.52 Å². The molecular formula is C14H18N2O3. The van der Waals surface area contributed by atoms with Crippen molar-refractivity contribution in [2.45, 2.75) is 39.7 Å². The minimum atomic E-state index is -0.373. The lowest BCUT2D eigenvalue weighted by atomic mass is 10.2. The van der Waals surface area contributed by atoms with Crippen molar-refractivity contribution in [2.24, 2.45) is 0 Å². The van der Waals surface area contributed by atoms with E-state index in [-0.39, 0.29) is 17.7 Å². The Balaban J connectivity index is 2.37. The summed E-state index contributed by atoms with van der Waals surface area (Å²) in [5.74, 6) is -0.408. The minimum Gasteiger partial charge on any atom is -0.408 e. The standard InChI is InChI=1S/C14H18N2O3/c1-4-5-13(17)15-10-6-7-11-12(8-10)19-14(18)16(11)9(2)3/h6-9H,4-5H2,1-3H3,(H,15,17). The number of amides is 1. The highest BCUT2D eigenvalue weighted by molar-refractivity contribution is 5.92. The summed E-state index contributed by atoms with van der Waals surface area (Å²) in [6.45, 7) is 5.80. The van der Waals surface area contributed by atoms with Crippen molar-refractivity contribution in [1.29, 1.82) is 0 Å². The predicted molar refractivity (Wildman–Crippen MR) is 74.4 cm³/mol. The van der Waals surface area contributed by atoms with Gasteiger partial charge in [-0.15, -0.1) is 0 Å². The van der Waals surface area contributed by atoms with Crippen molar-refractivity contribution in [1.82, 2.24) is 4.57 Å². The molecule has 5 nitrogen and oxygen atoms in total. The number of nitrogens with one attached hydrogen (secondary N) is 1. The Morgan fingerprint density at radius 3 is 2.79 bits per heavy atom. The SMILES string of the molecule is CCCC(=O)Nc1ccc2c(c1)oc(=O)n2C(C)C. The maximum absolute atomic E-state index is 11.7. The van der Waals surface area contributed by atoms with Crippen LogP contribution in [0.2, 0.25) is 0 Å². The summed E-state index contributed by atoms with van der Waals surface area (Å²) in [6, 6.07) is 5.30. The number of benzene rings is 1. The second kappa shape index (κ2) is 5.30. The van der Waals surface area contributed by atoms with Crippen LogP contribution in [0.1, 0.15) is 39.7 Å². The van der Waals surface area contributed by atoms with Crippen molar-refractivity contribution in [3.05, 3.63) is 28.7 Å². The van der Waals surface area contributed by atoms with Crippen molar-refractivity contribution in [2.75, 3.05) is 5.32 Å². The molecule has 1 aromatic carbocycles. The Morgan fingerprint density at radius 2 is 2.16 bits per heavy atom. The molecule has 1 aromatic heterocycles. The van der Waals surface area contributed by atoms with Gasteiger partial charge in [-0.1, -0.05) is 6.92 Å². The molecule has 5 heteroatoms. The first-order valence-corrected chi connectivity index (χ1v) is 6.48. The molecule has 0 atom stereocenters. The number of oxazole rings is 1. The fourth-order valence-corrected chi connectivity index (χ4v) is 2.05. The molecule has 19 heavy (non-hydrogen) atoms. The van der Waals surface area contributed by atoms with E-state index in [1.54, 1.807) is 22.8 Å². The number of carbonyl (C=O) groups is 1. The average molecular weight is 262 g/mol. The molecule has 0 saturated carbocycles. The van der Waals surface area contributed by atoms with Crippen LogP contribution in [-0.4, -0.2) is 10.5 Å². The molecule has 0 radical (unpaired) electrons. The van der Waals surface area contributed by atoms with E-state index in [9.17, 15) is 9.59 Å². The fourth-order valence-electron chi connectivity index (χ4n) is 2.05. The summed E-state index contributed by atoms with van der Waals surface area (Å²) >= 11 is 0. The first-order valence-electron chi connectivity index (χ1n) is 6.48. The summed E-state index contributed by atoms with van der Waals surface area (Å²) in [6.07, 6.45) is 1.28. The molecule has 2 aromatic rings. The first-order chi connectivity index (χ1) is 9.02. The summed E-state index contributed by atoms with van der Waals surface area (Å²) < 4.78 is 6.79. The highest BCUT2D eigenvalue weighted by Gasteiger charge is 2.12. The number of fused-ring (bicyclic) bond motifs is 1. The minimum absolute atomic E-state index is 0.0347. The van der Waals surface area contributed by atoms with Gasteiger partial charge < -0.3 is 9.73 Å². The van der Waals surface area contributed by atoms with Crippen LogP contribution in [0.4, 0.5) is 5.69 Å². The molecule has 2 rings (SSSR count). The smallest absolute Gasteiger partial charge is 0.408 e. The number of rotatable bonds is 4. The van der Waals surface area contributed by atoms with Crippen LogP contribution in [0.5, 0.6) is 0 Å².